The van der Waals surface area contributed by atoms with Crippen molar-refractivity contribution in [1.29, 1.82) is 5.26 Å². The van der Waals surface area contributed by atoms with Crippen LogP contribution in [0.2, 0.25) is 0 Å². The number of carbonyl (C=O) groups excluding carboxylic acids is 1. The molecule has 1 atom stereocenters. The van der Waals surface area contributed by atoms with E-state index < -0.39 is 11.8 Å². The zero-order chi connectivity index (χ0) is 16.9. The molecule has 24 heavy (non-hydrogen) atoms. The lowest BCUT2D eigenvalue weighted by molar-refractivity contribution is -0.116. The van der Waals surface area contributed by atoms with E-state index in [2.05, 4.69) is 20.5 Å². The van der Waals surface area contributed by atoms with Crippen molar-refractivity contribution in [2.24, 2.45) is 7.05 Å². The molecule has 2 aromatic heterocycles. The van der Waals surface area contributed by atoms with Gasteiger partial charge in [-0.05, 0) is 12.1 Å². The molecule has 1 amide bonds. The van der Waals surface area contributed by atoms with E-state index in [1.807, 2.05) is 36.4 Å². The van der Waals surface area contributed by atoms with Crippen LogP contribution >= 0.6 is 0 Å². The molecule has 0 saturated heterocycles. The number of rotatable bonds is 4. The molecule has 2 heterocycles. The van der Waals surface area contributed by atoms with Gasteiger partial charge in [0.15, 0.2) is 17.6 Å². The van der Waals surface area contributed by atoms with Crippen LogP contribution in [0.3, 0.4) is 0 Å². The number of hydrogen-bond donors (Lipinski definition) is 1. The number of nitrogens with zero attached hydrogens (tertiary/aromatic N) is 5. The van der Waals surface area contributed by atoms with Crippen LogP contribution in [-0.2, 0) is 11.8 Å². The second-order valence-electron chi connectivity index (χ2n) is 5.10. The first-order valence-electron chi connectivity index (χ1n) is 7.26. The third kappa shape index (κ3) is 2.98. The Morgan fingerprint density at radius 2 is 2.00 bits per heavy atom. The van der Waals surface area contributed by atoms with E-state index in [4.69, 9.17) is 0 Å². The molecule has 0 aliphatic heterocycles. The van der Waals surface area contributed by atoms with Crippen LogP contribution in [0, 0.1) is 11.3 Å². The molecule has 0 fully saturated rings. The van der Waals surface area contributed by atoms with Gasteiger partial charge in [-0.25, -0.2) is 0 Å². The maximum Gasteiger partial charge on any atom is 0.249 e. The van der Waals surface area contributed by atoms with E-state index in [-0.39, 0.29) is 5.82 Å². The number of amides is 1. The number of benzene rings is 1. The van der Waals surface area contributed by atoms with Crippen LogP contribution < -0.4 is 5.32 Å². The van der Waals surface area contributed by atoms with E-state index >= 15 is 0 Å². The van der Waals surface area contributed by atoms with E-state index in [1.165, 1.54) is 6.20 Å². The molecule has 0 spiro atoms. The molecule has 3 aromatic rings. The summed E-state index contributed by atoms with van der Waals surface area (Å²) >= 11 is 0. The Morgan fingerprint density at radius 3 is 2.67 bits per heavy atom. The van der Waals surface area contributed by atoms with Gasteiger partial charge in [0, 0.05) is 18.8 Å². The van der Waals surface area contributed by atoms with Crippen LogP contribution in [0.4, 0.5) is 5.69 Å². The minimum atomic E-state index is -1.07. The Bertz CT molecular complexity index is 882. The summed E-state index contributed by atoms with van der Waals surface area (Å²) in [5, 5.41) is 20.2. The molecular formula is C17H14N6O. The van der Waals surface area contributed by atoms with E-state index in [1.54, 1.807) is 29.9 Å². The maximum atomic E-state index is 12.4. The molecule has 1 N–H and O–H groups in total. The van der Waals surface area contributed by atoms with Gasteiger partial charge in [-0.15, -0.1) is 10.2 Å². The van der Waals surface area contributed by atoms with Gasteiger partial charge in [-0.1, -0.05) is 30.3 Å². The van der Waals surface area contributed by atoms with Crippen LogP contribution in [0.15, 0.2) is 54.9 Å². The van der Waals surface area contributed by atoms with E-state index in [0.29, 0.717) is 11.5 Å². The Kier molecular flexibility index (Phi) is 4.29. The lowest BCUT2D eigenvalue weighted by Gasteiger charge is -2.10. The Balaban J connectivity index is 1.88. The molecule has 0 unspecified atom stereocenters. The molecule has 0 saturated carbocycles. The van der Waals surface area contributed by atoms with Gasteiger partial charge in [-0.2, -0.15) is 5.26 Å². The van der Waals surface area contributed by atoms with E-state index in [0.717, 1.165) is 5.56 Å². The lowest BCUT2D eigenvalue weighted by atomic mass is 10.1. The summed E-state index contributed by atoms with van der Waals surface area (Å²) in [5.41, 5.74) is 1.39. The molecule has 7 heteroatoms. The average Bonchev–Trinajstić information content (AvgIpc) is 2.99. The first kappa shape index (κ1) is 15.4. The molecule has 118 valence electrons. The van der Waals surface area contributed by atoms with Crippen molar-refractivity contribution in [2.75, 3.05) is 5.32 Å². The van der Waals surface area contributed by atoms with Crippen molar-refractivity contribution in [3.05, 3.63) is 60.7 Å². The first-order valence-corrected chi connectivity index (χ1v) is 7.26. The van der Waals surface area contributed by atoms with Crippen LogP contribution in [0.25, 0.3) is 11.4 Å². The number of aromatic nitrogens is 4. The minimum Gasteiger partial charge on any atom is -0.323 e. The monoisotopic (exact) mass is 318 g/mol. The molecule has 0 radical (unpaired) electrons. The number of pyridine rings is 1. The van der Waals surface area contributed by atoms with Crippen molar-refractivity contribution in [1.82, 2.24) is 19.7 Å². The quantitative estimate of drug-likeness (QED) is 0.795. The molecule has 0 bridgehead atoms. The Hall–Kier alpha value is -3.53. The fourth-order valence-electron chi connectivity index (χ4n) is 2.32. The second kappa shape index (κ2) is 6.71. The van der Waals surface area contributed by atoms with Gasteiger partial charge in [-0.3, -0.25) is 9.78 Å². The number of anilines is 1. The fourth-order valence-corrected chi connectivity index (χ4v) is 2.32. The largest absolute Gasteiger partial charge is 0.323 e. The third-order valence-electron chi connectivity index (χ3n) is 3.52. The van der Waals surface area contributed by atoms with Crippen LogP contribution in [0.5, 0.6) is 0 Å². The highest BCUT2D eigenvalue weighted by Gasteiger charge is 2.27. The van der Waals surface area contributed by atoms with Gasteiger partial charge < -0.3 is 9.88 Å². The summed E-state index contributed by atoms with van der Waals surface area (Å²) in [7, 11) is 1.74. The SMILES string of the molecule is Cn1c(-c2ccccc2)nnc1[C@@H](C#N)C(=O)Nc1cccnc1. The molecule has 0 aliphatic carbocycles. The van der Waals surface area contributed by atoms with E-state index in [9.17, 15) is 10.1 Å². The Labute approximate surface area is 138 Å². The smallest absolute Gasteiger partial charge is 0.249 e. The number of carbonyl (C=O) groups is 1. The van der Waals surface area contributed by atoms with Crippen molar-refractivity contribution in [2.45, 2.75) is 5.92 Å². The standard InChI is InChI=1S/C17H14N6O/c1-23-15(12-6-3-2-4-7-12)21-22-16(23)14(10-18)17(24)20-13-8-5-9-19-11-13/h2-9,11,14H,1H3,(H,20,24)/t14-/m1/s1. The topological polar surface area (TPSA) is 96.5 Å². The molecule has 0 aliphatic rings. The minimum absolute atomic E-state index is 0.290. The predicted octanol–water partition coefficient (Wildman–Crippen LogP) is 2.12. The highest BCUT2D eigenvalue weighted by molar-refractivity contribution is 5.97. The van der Waals surface area contributed by atoms with Crippen molar-refractivity contribution < 1.29 is 4.79 Å². The third-order valence-corrected chi connectivity index (χ3v) is 3.52. The van der Waals surface area contributed by atoms with Crippen molar-refractivity contribution >= 4 is 11.6 Å². The lowest BCUT2D eigenvalue weighted by Crippen LogP contribution is -2.22. The van der Waals surface area contributed by atoms with Gasteiger partial charge in [0.05, 0.1) is 18.0 Å². The first-order chi connectivity index (χ1) is 11.7. The normalized spacial score (nSPS) is 11.5. The zero-order valence-corrected chi connectivity index (χ0v) is 12.9. The maximum absolute atomic E-state index is 12.4. The van der Waals surface area contributed by atoms with Crippen LogP contribution in [0.1, 0.15) is 11.7 Å². The summed E-state index contributed by atoms with van der Waals surface area (Å²) in [6.07, 6.45) is 3.12. The Morgan fingerprint density at radius 1 is 1.21 bits per heavy atom. The van der Waals surface area contributed by atoms with Gasteiger partial charge >= 0.3 is 0 Å². The summed E-state index contributed by atoms with van der Waals surface area (Å²) in [6, 6.07) is 14.9. The summed E-state index contributed by atoms with van der Waals surface area (Å²) < 4.78 is 1.66. The number of hydrogen-bond acceptors (Lipinski definition) is 5. The summed E-state index contributed by atoms with van der Waals surface area (Å²) in [6.45, 7) is 0. The number of nitrogens with one attached hydrogen (secondary N) is 1. The molecule has 3 rings (SSSR count). The summed E-state index contributed by atoms with van der Waals surface area (Å²) in [5.74, 6) is -0.654. The zero-order valence-electron chi connectivity index (χ0n) is 12.9. The summed E-state index contributed by atoms with van der Waals surface area (Å²) in [4.78, 5) is 16.3. The second-order valence-corrected chi connectivity index (χ2v) is 5.10. The van der Waals surface area contributed by atoms with Crippen molar-refractivity contribution in [3.63, 3.8) is 0 Å². The van der Waals surface area contributed by atoms with Gasteiger partial charge in [0.25, 0.3) is 0 Å². The highest BCUT2D eigenvalue weighted by atomic mass is 16.1. The molecule has 1 aromatic carbocycles. The number of nitriles is 1. The van der Waals surface area contributed by atoms with Gasteiger partial charge in [0.1, 0.15) is 0 Å². The van der Waals surface area contributed by atoms with Crippen molar-refractivity contribution in [3.8, 4) is 17.5 Å². The van der Waals surface area contributed by atoms with Crippen LogP contribution in [-0.4, -0.2) is 25.7 Å². The van der Waals surface area contributed by atoms with Gasteiger partial charge in [0.2, 0.25) is 5.91 Å². The predicted molar refractivity (Wildman–Crippen MR) is 87.7 cm³/mol. The molecular weight excluding hydrogens is 304 g/mol. The molecule has 7 nitrogen and oxygen atoms in total. The fraction of sp³-hybridized carbons (Fsp3) is 0.118. The highest BCUT2D eigenvalue weighted by Crippen LogP contribution is 2.21. The average molecular weight is 318 g/mol.